The summed E-state index contributed by atoms with van der Waals surface area (Å²) >= 11 is 0. The van der Waals surface area contributed by atoms with Gasteiger partial charge in [0.25, 0.3) is 6.71 Å². The SMILES string of the molecule is CC(C)(C)c1cc(-c2ccccc2)c(N2c3cc(-n4c5ccc(C(C)(C)C)cc5c5cc(C(C)(C)C)ccc54)ccc3B3c4ccc(N(c5ccccc5)c5ccc(-n6c7ccccc7c7ccccc76)cc5)cc4N(c4cccc(-c5ccccc5)c4)c4cc(C(C)(C)C)cc2c43)c(-c2ccccc2)c1. The zero-order chi connectivity index (χ0) is 72.7. The topological polar surface area (TPSA) is 19.6 Å². The first-order valence-electron chi connectivity index (χ1n) is 37.7. The lowest BCUT2D eigenvalue weighted by atomic mass is 9.33. The minimum atomic E-state index is -0.300. The molecule has 14 aromatic carbocycles. The van der Waals surface area contributed by atoms with Gasteiger partial charge in [0.05, 0.1) is 27.8 Å². The molecule has 4 heterocycles. The summed E-state index contributed by atoms with van der Waals surface area (Å²) in [6, 6.07) is 120. The second-order valence-electron chi connectivity index (χ2n) is 33.4. The summed E-state index contributed by atoms with van der Waals surface area (Å²) in [6.07, 6.45) is 0. The Morgan fingerprint density at radius 2 is 0.670 bits per heavy atom. The van der Waals surface area contributed by atoms with Crippen LogP contribution in [0.3, 0.4) is 0 Å². The molecule has 0 atom stereocenters. The second kappa shape index (κ2) is 24.9. The van der Waals surface area contributed by atoms with Crippen LogP contribution >= 0.6 is 0 Å². The first-order valence-corrected chi connectivity index (χ1v) is 37.7. The number of rotatable bonds is 10. The highest BCUT2D eigenvalue weighted by atomic mass is 15.2. The fourth-order valence-electron chi connectivity index (χ4n) is 16.8. The summed E-state index contributed by atoms with van der Waals surface area (Å²) in [5.41, 5.74) is 32.2. The molecule has 5 nitrogen and oxygen atoms in total. The third kappa shape index (κ3) is 11.1. The lowest BCUT2D eigenvalue weighted by Crippen LogP contribution is -2.61. The standard InChI is InChI=1S/C100H88BN5/c1-97(2,3)69-44-54-89-83(57-69)84-58-70(98(4,5)6)45-55-90(84)104(89)78-51-53-86-92(64-78)106(96-81(66-32-19-14-20-33-66)59-71(99(7,8)9)60-82(96)67-34-21-15-22-35-67)94-62-72(100(10,11)12)61-93-95(94)101(86)85-52-50-77(63-91(85)105(93)76-39-29-36-68(56-76)65-30-17-13-18-31-65)102(73-37-23-16-24-38-73)74-46-48-75(49-47-74)103-87-42-27-25-40-79(87)80-41-26-28-43-88(80)103/h13-64H,1-12H3. The van der Waals surface area contributed by atoms with Gasteiger partial charge in [-0.2, -0.15) is 0 Å². The summed E-state index contributed by atoms with van der Waals surface area (Å²) in [5, 5.41) is 5.02. The van der Waals surface area contributed by atoms with Crippen molar-refractivity contribution in [1.29, 1.82) is 0 Å². The van der Waals surface area contributed by atoms with Crippen LogP contribution in [0, 0.1) is 0 Å². The molecule has 6 heteroatoms. The molecule has 2 aliphatic rings. The number of hydrogen-bond donors (Lipinski definition) is 0. The fourth-order valence-corrected chi connectivity index (χ4v) is 16.8. The van der Waals surface area contributed by atoms with Crippen LogP contribution in [0.4, 0.5) is 51.2 Å². The molecular formula is C100H88BN5. The first kappa shape index (κ1) is 66.1. The van der Waals surface area contributed by atoms with Gasteiger partial charge in [0.1, 0.15) is 0 Å². The number of benzene rings is 14. The molecule has 0 amide bonds. The van der Waals surface area contributed by atoms with E-state index in [4.69, 9.17) is 0 Å². The molecule has 0 fully saturated rings. The van der Waals surface area contributed by atoms with Crippen molar-refractivity contribution in [3.8, 4) is 44.8 Å². The third-order valence-electron chi connectivity index (χ3n) is 22.5. The molecular weight excluding hydrogens is 1280 g/mol. The Morgan fingerprint density at radius 3 is 1.21 bits per heavy atom. The Labute approximate surface area is 625 Å². The average molecular weight is 1370 g/mol. The lowest BCUT2D eigenvalue weighted by Gasteiger charge is -2.46. The van der Waals surface area contributed by atoms with Crippen molar-refractivity contribution in [3.05, 3.63) is 338 Å². The van der Waals surface area contributed by atoms with Gasteiger partial charge in [-0.05, 0) is 216 Å². The van der Waals surface area contributed by atoms with Crippen molar-refractivity contribution in [3.63, 3.8) is 0 Å². The van der Waals surface area contributed by atoms with E-state index in [1.807, 2.05) is 0 Å². The highest BCUT2D eigenvalue weighted by molar-refractivity contribution is 7.00. The number of nitrogens with zero attached hydrogens (tertiary/aromatic N) is 5. The maximum absolute atomic E-state index is 2.72. The van der Waals surface area contributed by atoms with Crippen LogP contribution in [0.2, 0.25) is 0 Å². The van der Waals surface area contributed by atoms with Crippen molar-refractivity contribution < 1.29 is 0 Å². The molecule has 16 aromatic rings. The Bertz CT molecular complexity index is 5930. The molecule has 0 saturated carbocycles. The van der Waals surface area contributed by atoms with E-state index in [-0.39, 0.29) is 28.4 Å². The van der Waals surface area contributed by atoms with Crippen molar-refractivity contribution in [2.75, 3.05) is 14.7 Å². The molecule has 2 aliphatic heterocycles. The fraction of sp³-hybridized carbons (Fsp3) is 0.160. The average Bonchev–Trinajstić information content (AvgIpc) is 0.776. The Hall–Kier alpha value is -11.9. The van der Waals surface area contributed by atoms with Gasteiger partial charge in [0, 0.05) is 89.5 Å². The van der Waals surface area contributed by atoms with E-state index in [2.05, 4.69) is 422 Å². The monoisotopic (exact) mass is 1370 g/mol. The van der Waals surface area contributed by atoms with Crippen molar-refractivity contribution in [2.45, 2.75) is 105 Å². The maximum Gasteiger partial charge on any atom is 0.252 e. The van der Waals surface area contributed by atoms with E-state index in [9.17, 15) is 0 Å². The van der Waals surface area contributed by atoms with Crippen LogP contribution in [-0.2, 0) is 21.7 Å². The van der Waals surface area contributed by atoms with Gasteiger partial charge in [-0.1, -0.05) is 265 Å². The first-order chi connectivity index (χ1) is 51.1. The molecule has 0 N–H and O–H groups in total. The summed E-state index contributed by atoms with van der Waals surface area (Å²) in [5.74, 6) is 0. The van der Waals surface area contributed by atoms with Gasteiger partial charge in [-0.15, -0.1) is 0 Å². The van der Waals surface area contributed by atoms with E-state index >= 15 is 0 Å². The summed E-state index contributed by atoms with van der Waals surface area (Å²) < 4.78 is 4.97. The van der Waals surface area contributed by atoms with Crippen molar-refractivity contribution in [1.82, 2.24) is 9.13 Å². The molecule has 106 heavy (non-hydrogen) atoms. The summed E-state index contributed by atoms with van der Waals surface area (Å²) in [7, 11) is 0. The lowest BCUT2D eigenvalue weighted by molar-refractivity contribution is 0.590. The van der Waals surface area contributed by atoms with Crippen molar-refractivity contribution >= 4 is 118 Å². The number of para-hydroxylation sites is 3. The Kier molecular flexibility index (Phi) is 15.5. The molecule has 0 saturated heterocycles. The Balaban J connectivity index is 0.944. The zero-order valence-electron chi connectivity index (χ0n) is 62.8. The van der Waals surface area contributed by atoms with E-state index in [0.717, 1.165) is 79.3 Å². The smallest absolute Gasteiger partial charge is 0.252 e. The van der Waals surface area contributed by atoms with Crippen LogP contribution in [0.5, 0.6) is 0 Å². The quantitative estimate of drug-likeness (QED) is 0.127. The van der Waals surface area contributed by atoms with Gasteiger partial charge in [-0.3, -0.25) is 0 Å². The van der Waals surface area contributed by atoms with E-state index < -0.39 is 0 Å². The molecule has 0 radical (unpaired) electrons. The van der Waals surface area contributed by atoms with Crippen LogP contribution in [0.25, 0.3) is 88.4 Å². The highest BCUT2D eigenvalue weighted by Gasteiger charge is 2.46. The number of anilines is 9. The van der Waals surface area contributed by atoms with Crippen LogP contribution in [0.1, 0.15) is 105 Å². The van der Waals surface area contributed by atoms with Crippen LogP contribution in [-0.4, -0.2) is 15.8 Å². The summed E-state index contributed by atoms with van der Waals surface area (Å²) in [6.45, 7) is 28.0. The molecule has 516 valence electrons. The normalized spacial score (nSPS) is 13.0. The zero-order valence-corrected chi connectivity index (χ0v) is 62.8. The molecule has 0 bridgehead atoms. The van der Waals surface area contributed by atoms with Gasteiger partial charge in [0.15, 0.2) is 0 Å². The third-order valence-corrected chi connectivity index (χ3v) is 22.5. The second-order valence-corrected chi connectivity index (χ2v) is 33.4. The predicted molar refractivity (Wildman–Crippen MR) is 455 cm³/mol. The van der Waals surface area contributed by atoms with Gasteiger partial charge >= 0.3 is 0 Å². The predicted octanol–water partition coefficient (Wildman–Crippen LogP) is 25.6. The van der Waals surface area contributed by atoms with Gasteiger partial charge in [0.2, 0.25) is 0 Å². The molecule has 0 unspecified atom stereocenters. The number of aromatic nitrogens is 2. The van der Waals surface area contributed by atoms with Gasteiger partial charge < -0.3 is 23.8 Å². The van der Waals surface area contributed by atoms with E-state index in [1.165, 1.54) is 98.9 Å². The van der Waals surface area contributed by atoms with Crippen LogP contribution < -0.4 is 31.1 Å². The number of hydrogen-bond acceptors (Lipinski definition) is 3. The number of fused-ring (bicyclic) bond motifs is 10. The Morgan fingerprint density at radius 1 is 0.255 bits per heavy atom. The van der Waals surface area contributed by atoms with Crippen molar-refractivity contribution in [2.24, 2.45) is 0 Å². The van der Waals surface area contributed by atoms with E-state index in [0.29, 0.717) is 0 Å². The minimum Gasteiger partial charge on any atom is -0.311 e. The molecule has 2 aromatic heterocycles. The summed E-state index contributed by atoms with van der Waals surface area (Å²) in [4.78, 5) is 7.79. The van der Waals surface area contributed by atoms with Gasteiger partial charge in [-0.25, -0.2) is 0 Å². The molecule has 0 aliphatic carbocycles. The highest BCUT2D eigenvalue weighted by Crippen LogP contribution is 2.54. The minimum absolute atomic E-state index is 0.0534. The largest absolute Gasteiger partial charge is 0.311 e. The van der Waals surface area contributed by atoms with E-state index in [1.54, 1.807) is 0 Å². The van der Waals surface area contributed by atoms with Crippen LogP contribution in [0.15, 0.2) is 315 Å². The maximum atomic E-state index is 2.72. The molecule has 0 spiro atoms. The molecule has 18 rings (SSSR count).